The normalized spacial score (nSPS) is 18.0. The quantitative estimate of drug-likeness (QED) is 0.663. The van der Waals surface area contributed by atoms with Crippen molar-refractivity contribution in [1.82, 2.24) is 9.97 Å². The molecule has 6 nitrogen and oxygen atoms in total. The predicted molar refractivity (Wildman–Crippen MR) is 86.8 cm³/mol. The van der Waals surface area contributed by atoms with Crippen molar-refractivity contribution in [2.45, 2.75) is 25.9 Å². The van der Waals surface area contributed by atoms with Gasteiger partial charge in [-0.15, -0.1) is 0 Å². The molecule has 1 N–H and O–H groups in total. The van der Waals surface area contributed by atoms with Gasteiger partial charge in [0.25, 0.3) is 0 Å². The van der Waals surface area contributed by atoms with E-state index in [4.69, 9.17) is 19.3 Å². The molecule has 1 heterocycles. The Morgan fingerprint density at radius 3 is 2.78 bits per heavy atom. The summed E-state index contributed by atoms with van der Waals surface area (Å²) in [5, 5.41) is 9.15. The highest BCUT2D eigenvalue weighted by Gasteiger charge is 2.17. The molecule has 0 saturated heterocycles. The summed E-state index contributed by atoms with van der Waals surface area (Å²) in [6.07, 6.45) is 6.90. The summed E-state index contributed by atoms with van der Waals surface area (Å²) in [6, 6.07) is 1.73. The van der Waals surface area contributed by atoms with Gasteiger partial charge in [0.2, 0.25) is 0 Å². The van der Waals surface area contributed by atoms with E-state index in [-0.39, 0.29) is 6.61 Å². The van der Waals surface area contributed by atoms with Crippen LogP contribution in [0.1, 0.15) is 30.8 Å². The lowest BCUT2D eigenvalue weighted by Crippen LogP contribution is -2.16. The fraction of sp³-hybridized carbons (Fsp3) is 0.647. The molecular weight excluding hydrogens is 296 g/mol. The van der Waals surface area contributed by atoms with Crippen molar-refractivity contribution in [3.63, 3.8) is 0 Å². The van der Waals surface area contributed by atoms with Crippen LogP contribution < -0.4 is 0 Å². The molecule has 0 fully saturated rings. The van der Waals surface area contributed by atoms with Gasteiger partial charge in [-0.3, -0.25) is 0 Å². The molecule has 6 heteroatoms. The van der Waals surface area contributed by atoms with E-state index in [0.717, 1.165) is 31.7 Å². The van der Waals surface area contributed by atoms with Crippen molar-refractivity contribution in [3.05, 3.63) is 29.9 Å². The van der Waals surface area contributed by atoms with Gasteiger partial charge < -0.3 is 19.3 Å². The van der Waals surface area contributed by atoms with Crippen LogP contribution in [-0.2, 0) is 20.8 Å². The maximum atomic E-state index is 9.15. The van der Waals surface area contributed by atoms with E-state index in [1.807, 2.05) is 0 Å². The van der Waals surface area contributed by atoms with Gasteiger partial charge >= 0.3 is 0 Å². The van der Waals surface area contributed by atoms with Crippen molar-refractivity contribution in [3.8, 4) is 0 Å². The zero-order valence-electron chi connectivity index (χ0n) is 13.7. The maximum Gasteiger partial charge on any atom is 0.155 e. The number of aliphatic hydroxyl groups excluding tert-OH is 1. The Kier molecular flexibility index (Phi) is 8.17. The van der Waals surface area contributed by atoms with Crippen LogP contribution in [0.5, 0.6) is 0 Å². The Balaban J connectivity index is 1.67. The first-order chi connectivity index (χ1) is 11.3. The second-order valence-corrected chi connectivity index (χ2v) is 5.58. The fourth-order valence-corrected chi connectivity index (χ4v) is 2.49. The molecule has 0 amide bonds. The lowest BCUT2D eigenvalue weighted by Gasteiger charge is -2.21. The predicted octanol–water partition coefficient (Wildman–Crippen LogP) is 1.83. The molecule has 0 aliphatic heterocycles. The van der Waals surface area contributed by atoms with Crippen molar-refractivity contribution >= 4 is 5.57 Å². The average molecular weight is 322 g/mol. The zero-order chi connectivity index (χ0) is 16.3. The van der Waals surface area contributed by atoms with Crippen LogP contribution in [-0.4, -0.2) is 55.2 Å². The lowest BCUT2D eigenvalue weighted by molar-refractivity contribution is 0.0148. The van der Waals surface area contributed by atoms with Gasteiger partial charge in [0.1, 0.15) is 0 Å². The SMILES string of the molecule is COCCOCCOC[C@@H]1CC=C(c2nccc(CO)n2)CC1. The van der Waals surface area contributed by atoms with Gasteiger partial charge in [0.05, 0.1) is 38.7 Å². The summed E-state index contributed by atoms with van der Waals surface area (Å²) in [6.45, 7) is 3.18. The van der Waals surface area contributed by atoms with Crippen molar-refractivity contribution in [2.24, 2.45) is 5.92 Å². The molecular formula is C17H26N2O4. The number of ether oxygens (including phenoxy) is 3. The van der Waals surface area contributed by atoms with E-state index in [0.29, 0.717) is 38.0 Å². The molecule has 0 radical (unpaired) electrons. The number of aliphatic hydroxyl groups is 1. The minimum absolute atomic E-state index is 0.0499. The number of allylic oxidation sites excluding steroid dienone is 2. The Morgan fingerprint density at radius 2 is 2.04 bits per heavy atom. The average Bonchev–Trinajstić information content (AvgIpc) is 2.61. The summed E-state index contributed by atoms with van der Waals surface area (Å²) in [5.74, 6) is 1.28. The Morgan fingerprint density at radius 1 is 1.22 bits per heavy atom. The molecule has 1 aliphatic carbocycles. The first-order valence-electron chi connectivity index (χ1n) is 8.10. The minimum Gasteiger partial charge on any atom is -0.390 e. The second-order valence-electron chi connectivity index (χ2n) is 5.58. The third kappa shape index (κ3) is 6.35. The van der Waals surface area contributed by atoms with E-state index in [9.17, 15) is 0 Å². The first-order valence-corrected chi connectivity index (χ1v) is 8.10. The summed E-state index contributed by atoms with van der Waals surface area (Å²) in [4.78, 5) is 8.66. The zero-order valence-corrected chi connectivity index (χ0v) is 13.7. The molecule has 0 bridgehead atoms. The number of nitrogens with zero attached hydrogens (tertiary/aromatic N) is 2. The summed E-state index contributed by atoms with van der Waals surface area (Å²) in [7, 11) is 1.66. The van der Waals surface area contributed by atoms with E-state index in [1.165, 1.54) is 5.57 Å². The van der Waals surface area contributed by atoms with Gasteiger partial charge in [-0.1, -0.05) is 6.08 Å². The van der Waals surface area contributed by atoms with Crippen LogP contribution in [0, 0.1) is 5.92 Å². The molecule has 0 aromatic carbocycles. The molecule has 1 aliphatic rings. The van der Waals surface area contributed by atoms with Crippen molar-refractivity contribution in [2.75, 3.05) is 40.1 Å². The number of hydrogen-bond acceptors (Lipinski definition) is 6. The standard InChI is InChI=1S/C17H26N2O4/c1-21-8-9-22-10-11-23-13-14-2-4-15(5-3-14)17-18-7-6-16(12-20)19-17/h4,6-7,14,20H,2-3,5,8-13H2,1H3/t14-/m1/s1. The third-order valence-electron chi connectivity index (χ3n) is 3.84. The highest BCUT2D eigenvalue weighted by molar-refractivity contribution is 5.60. The number of methoxy groups -OCH3 is 1. The molecule has 0 unspecified atom stereocenters. The smallest absolute Gasteiger partial charge is 0.155 e. The molecule has 128 valence electrons. The van der Waals surface area contributed by atoms with Gasteiger partial charge in [-0.05, 0) is 36.8 Å². The molecule has 0 spiro atoms. The summed E-state index contributed by atoms with van der Waals surface area (Å²) in [5.41, 5.74) is 1.83. The second kappa shape index (κ2) is 10.4. The van der Waals surface area contributed by atoms with Gasteiger partial charge in [-0.25, -0.2) is 9.97 Å². The van der Waals surface area contributed by atoms with Crippen LogP contribution in [0.3, 0.4) is 0 Å². The van der Waals surface area contributed by atoms with E-state index in [1.54, 1.807) is 19.4 Å². The highest BCUT2D eigenvalue weighted by Crippen LogP contribution is 2.28. The van der Waals surface area contributed by atoms with Crippen LogP contribution in [0.2, 0.25) is 0 Å². The van der Waals surface area contributed by atoms with Crippen LogP contribution in [0.25, 0.3) is 5.57 Å². The van der Waals surface area contributed by atoms with E-state index in [2.05, 4.69) is 16.0 Å². The molecule has 1 aromatic heterocycles. The first kappa shape index (κ1) is 18.0. The van der Waals surface area contributed by atoms with Crippen molar-refractivity contribution < 1.29 is 19.3 Å². The van der Waals surface area contributed by atoms with Crippen molar-refractivity contribution in [1.29, 1.82) is 0 Å². The Labute approximate surface area is 137 Å². The van der Waals surface area contributed by atoms with Gasteiger partial charge in [0.15, 0.2) is 5.82 Å². The fourth-order valence-electron chi connectivity index (χ4n) is 2.49. The Hall–Kier alpha value is -1.34. The number of aromatic nitrogens is 2. The largest absolute Gasteiger partial charge is 0.390 e. The van der Waals surface area contributed by atoms with Crippen LogP contribution in [0.4, 0.5) is 0 Å². The lowest BCUT2D eigenvalue weighted by atomic mass is 9.90. The number of hydrogen-bond donors (Lipinski definition) is 1. The molecule has 1 aromatic rings. The Bertz CT molecular complexity index is 493. The maximum absolute atomic E-state index is 9.15. The van der Waals surface area contributed by atoms with E-state index >= 15 is 0 Å². The minimum atomic E-state index is -0.0499. The topological polar surface area (TPSA) is 73.7 Å². The number of rotatable bonds is 10. The van der Waals surface area contributed by atoms with Gasteiger partial charge in [-0.2, -0.15) is 0 Å². The molecule has 1 atom stereocenters. The third-order valence-corrected chi connectivity index (χ3v) is 3.84. The van der Waals surface area contributed by atoms with Crippen LogP contribution in [0.15, 0.2) is 18.3 Å². The highest BCUT2D eigenvalue weighted by atomic mass is 16.5. The summed E-state index contributed by atoms with van der Waals surface area (Å²) < 4.78 is 15.9. The monoisotopic (exact) mass is 322 g/mol. The molecule has 23 heavy (non-hydrogen) atoms. The summed E-state index contributed by atoms with van der Waals surface area (Å²) >= 11 is 0. The van der Waals surface area contributed by atoms with Crippen LogP contribution >= 0.6 is 0 Å². The van der Waals surface area contributed by atoms with Gasteiger partial charge in [0, 0.05) is 19.9 Å². The molecule has 0 saturated carbocycles. The molecule has 2 rings (SSSR count). The van der Waals surface area contributed by atoms with E-state index < -0.39 is 0 Å².